The number of methoxy groups -OCH3 is 2. The number of aliphatic hydroxyl groups excluding tert-OH is 1. The van der Waals surface area contributed by atoms with Crippen LogP contribution < -0.4 is 20.5 Å². The van der Waals surface area contributed by atoms with Gasteiger partial charge in [0.25, 0.3) is 5.91 Å². The molecule has 1 aliphatic rings. The van der Waals surface area contributed by atoms with Crippen molar-refractivity contribution >= 4 is 23.7 Å². The molecule has 13 heteroatoms. The fourth-order valence-corrected chi connectivity index (χ4v) is 4.80. The molecular formula is C33H31N3O10. The number of rotatable bonds is 11. The Balaban J connectivity index is 1.23. The molecule has 1 unspecified atom stereocenters. The Kier molecular flexibility index (Phi) is 10.0. The first kappa shape index (κ1) is 31.9. The van der Waals surface area contributed by atoms with Crippen molar-refractivity contribution in [1.82, 2.24) is 9.55 Å². The molecule has 2 heterocycles. The summed E-state index contributed by atoms with van der Waals surface area (Å²) in [5.74, 6) is -0.144. The third-order valence-electron chi connectivity index (χ3n) is 7.17. The van der Waals surface area contributed by atoms with Gasteiger partial charge in [0.2, 0.25) is 5.78 Å². The molecule has 0 aliphatic carbocycles. The zero-order valence-electron chi connectivity index (χ0n) is 24.9. The third kappa shape index (κ3) is 7.57. The van der Waals surface area contributed by atoms with Crippen LogP contribution in [-0.2, 0) is 14.2 Å². The van der Waals surface area contributed by atoms with Crippen molar-refractivity contribution in [3.05, 3.63) is 118 Å². The molecule has 5 rings (SSSR count). The number of nitrogens with zero attached hydrogens (tertiary/aromatic N) is 2. The SMILES string of the molecule is COc1cc(OC)cc(C(OC(=O)OC[C@H]2O[C@@H](n3ccc(NC(=O)c4ccccc4)nc3=O)C[C@@H]2O)C(=O)c2ccccc2)c1. The first-order chi connectivity index (χ1) is 22.2. The fourth-order valence-electron chi connectivity index (χ4n) is 4.80. The van der Waals surface area contributed by atoms with Crippen LogP contribution in [0.25, 0.3) is 0 Å². The quantitative estimate of drug-likeness (QED) is 0.182. The van der Waals surface area contributed by atoms with Gasteiger partial charge in [-0.1, -0.05) is 48.5 Å². The van der Waals surface area contributed by atoms with E-state index in [2.05, 4.69) is 10.3 Å². The van der Waals surface area contributed by atoms with E-state index in [-0.39, 0.29) is 17.8 Å². The van der Waals surface area contributed by atoms with E-state index < -0.39 is 54.7 Å². The summed E-state index contributed by atoms with van der Waals surface area (Å²) >= 11 is 0. The van der Waals surface area contributed by atoms with Crippen LogP contribution >= 0.6 is 0 Å². The highest BCUT2D eigenvalue weighted by molar-refractivity contribution is 6.03. The maximum Gasteiger partial charge on any atom is 0.509 e. The summed E-state index contributed by atoms with van der Waals surface area (Å²) < 4.78 is 28.3. The molecule has 13 nitrogen and oxygen atoms in total. The Bertz CT molecular complexity index is 1720. The summed E-state index contributed by atoms with van der Waals surface area (Å²) in [6.45, 7) is -0.433. The molecule has 3 aromatic carbocycles. The standard InChI is InChI=1S/C33H31N3O10/c1-42-23-15-22(16-24(17-23)43-2)30(29(38)20-9-5-3-6-10-20)46-33(41)44-19-26-25(37)18-28(45-26)36-14-13-27(35-32(36)40)34-31(39)21-11-7-4-8-12-21/h3-17,25-26,28,30,37H,18-19H2,1-2H3,(H,34,35,39,40)/t25-,26+,28+,30?/m0/s1. The van der Waals surface area contributed by atoms with Crippen LogP contribution in [-0.4, -0.2) is 65.5 Å². The molecule has 46 heavy (non-hydrogen) atoms. The Morgan fingerprint density at radius 2 is 1.59 bits per heavy atom. The van der Waals surface area contributed by atoms with Gasteiger partial charge >= 0.3 is 11.8 Å². The second-order valence-corrected chi connectivity index (χ2v) is 10.2. The average molecular weight is 630 g/mol. The normalized spacial score (nSPS) is 17.8. The lowest BCUT2D eigenvalue weighted by Gasteiger charge is -2.20. The van der Waals surface area contributed by atoms with Crippen LogP contribution in [0.15, 0.2) is 95.9 Å². The number of amides is 1. The van der Waals surface area contributed by atoms with Gasteiger partial charge in [-0.15, -0.1) is 0 Å². The minimum atomic E-state index is -1.41. The highest BCUT2D eigenvalue weighted by Gasteiger charge is 2.37. The lowest BCUT2D eigenvalue weighted by Crippen LogP contribution is -2.30. The van der Waals surface area contributed by atoms with Gasteiger partial charge < -0.3 is 34.1 Å². The summed E-state index contributed by atoms with van der Waals surface area (Å²) in [7, 11) is 2.90. The predicted octanol–water partition coefficient (Wildman–Crippen LogP) is 3.94. The largest absolute Gasteiger partial charge is 0.509 e. The molecule has 0 spiro atoms. The molecule has 4 aromatic rings. The van der Waals surface area contributed by atoms with E-state index in [0.717, 1.165) is 4.57 Å². The van der Waals surface area contributed by atoms with Crippen molar-refractivity contribution in [2.75, 3.05) is 26.1 Å². The topological polar surface area (TPSA) is 165 Å². The molecule has 1 fully saturated rings. The second-order valence-electron chi connectivity index (χ2n) is 10.2. The van der Waals surface area contributed by atoms with Gasteiger partial charge in [0.15, 0.2) is 6.10 Å². The van der Waals surface area contributed by atoms with Gasteiger partial charge in [0.1, 0.15) is 36.3 Å². The Morgan fingerprint density at radius 3 is 2.20 bits per heavy atom. The van der Waals surface area contributed by atoms with E-state index in [4.69, 9.17) is 23.7 Å². The number of Topliss-reactive ketones (excluding diaryl/α,β-unsaturated/α-hetero) is 1. The Labute approximate surface area is 263 Å². The first-order valence-corrected chi connectivity index (χ1v) is 14.2. The Morgan fingerprint density at radius 1 is 0.957 bits per heavy atom. The molecule has 4 atom stereocenters. The summed E-state index contributed by atoms with van der Waals surface area (Å²) in [5.41, 5.74) is 0.259. The van der Waals surface area contributed by atoms with Gasteiger partial charge in [-0.2, -0.15) is 4.98 Å². The minimum absolute atomic E-state index is 0.000888. The van der Waals surface area contributed by atoms with Crippen LogP contribution in [0, 0.1) is 0 Å². The van der Waals surface area contributed by atoms with Crippen molar-refractivity contribution in [3.8, 4) is 11.5 Å². The monoisotopic (exact) mass is 629 g/mol. The highest BCUT2D eigenvalue weighted by Crippen LogP contribution is 2.32. The molecule has 1 aliphatic heterocycles. The molecule has 1 saturated heterocycles. The van der Waals surface area contributed by atoms with Gasteiger partial charge in [0.05, 0.1) is 20.3 Å². The maximum absolute atomic E-state index is 13.4. The lowest BCUT2D eigenvalue weighted by molar-refractivity contribution is -0.0618. The predicted molar refractivity (Wildman–Crippen MR) is 163 cm³/mol. The molecule has 0 bridgehead atoms. The van der Waals surface area contributed by atoms with Crippen LogP contribution in [0.1, 0.15) is 45.0 Å². The number of hydrogen-bond acceptors (Lipinski definition) is 11. The number of carbonyl (C=O) groups excluding carboxylic acids is 3. The van der Waals surface area contributed by atoms with Crippen LogP contribution in [0.5, 0.6) is 11.5 Å². The van der Waals surface area contributed by atoms with Crippen LogP contribution in [0.4, 0.5) is 10.6 Å². The number of carbonyl (C=O) groups is 3. The maximum atomic E-state index is 13.4. The van der Waals surface area contributed by atoms with Crippen molar-refractivity contribution in [2.45, 2.75) is 31.0 Å². The van der Waals surface area contributed by atoms with E-state index >= 15 is 0 Å². The second kappa shape index (κ2) is 14.5. The van der Waals surface area contributed by atoms with Gasteiger partial charge in [-0.05, 0) is 30.3 Å². The van der Waals surface area contributed by atoms with E-state index in [1.807, 2.05) is 0 Å². The lowest BCUT2D eigenvalue weighted by atomic mass is 9.99. The smallest absolute Gasteiger partial charge is 0.497 e. The molecule has 1 amide bonds. The molecule has 238 valence electrons. The number of ether oxygens (including phenoxy) is 5. The van der Waals surface area contributed by atoms with E-state index in [0.29, 0.717) is 22.6 Å². The number of aliphatic hydroxyl groups is 1. The van der Waals surface area contributed by atoms with E-state index in [1.165, 1.54) is 26.5 Å². The number of aromatic nitrogens is 2. The van der Waals surface area contributed by atoms with Crippen molar-refractivity contribution < 1.29 is 43.2 Å². The van der Waals surface area contributed by atoms with Crippen LogP contribution in [0.3, 0.4) is 0 Å². The molecule has 1 aromatic heterocycles. The zero-order valence-corrected chi connectivity index (χ0v) is 24.9. The summed E-state index contributed by atoms with van der Waals surface area (Å²) in [5, 5.41) is 13.2. The summed E-state index contributed by atoms with van der Waals surface area (Å²) in [4.78, 5) is 55.3. The van der Waals surface area contributed by atoms with Gasteiger partial charge in [0, 0.05) is 35.4 Å². The summed E-state index contributed by atoms with van der Waals surface area (Å²) in [6.07, 6.45) is -4.25. The van der Waals surface area contributed by atoms with E-state index in [9.17, 15) is 24.3 Å². The third-order valence-corrected chi connectivity index (χ3v) is 7.17. The fraction of sp³-hybridized carbons (Fsp3) is 0.242. The van der Waals surface area contributed by atoms with Crippen LogP contribution in [0.2, 0.25) is 0 Å². The molecule has 0 radical (unpaired) electrons. The van der Waals surface area contributed by atoms with Crippen molar-refractivity contribution in [2.24, 2.45) is 0 Å². The molecule has 2 N–H and O–H groups in total. The highest BCUT2D eigenvalue weighted by atomic mass is 16.7. The summed E-state index contributed by atoms with van der Waals surface area (Å²) in [6, 6.07) is 22.8. The molecular weight excluding hydrogens is 598 g/mol. The number of hydrogen-bond donors (Lipinski definition) is 2. The molecule has 0 saturated carbocycles. The van der Waals surface area contributed by atoms with Crippen molar-refractivity contribution in [1.29, 1.82) is 0 Å². The van der Waals surface area contributed by atoms with Gasteiger partial charge in [-0.3, -0.25) is 14.2 Å². The van der Waals surface area contributed by atoms with Gasteiger partial charge in [-0.25, -0.2) is 9.59 Å². The number of nitrogens with one attached hydrogen (secondary N) is 1. The van der Waals surface area contributed by atoms with Crippen molar-refractivity contribution in [3.63, 3.8) is 0 Å². The average Bonchev–Trinajstić information content (AvgIpc) is 3.46. The number of benzene rings is 3. The van der Waals surface area contributed by atoms with E-state index in [1.54, 1.807) is 78.9 Å². The Hall–Kier alpha value is -5.53. The minimum Gasteiger partial charge on any atom is -0.497 e. The zero-order chi connectivity index (χ0) is 32.6. The first-order valence-electron chi connectivity index (χ1n) is 14.2. The number of anilines is 1. The number of ketones is 1.